The Kier molecular flexibility index (Phi) is 3.93. The van der Waals surface area contributed by atoms with Crippen LogP contribution in [0.1, 0.15) is 42.5 Å². The van der Waals surface area contributed by atoms with Crippen molar-refractivity contribution in [1.82, 2.24) is 19.7 Å². The van der Waals surface area contributed by atoms with E-state index in [9.17, 15) is 4.79 Å². The summed E-state index contributed by atoms with van der Waals surface area (Å²) in [5.41, 5.74) is 4.19. The van der Waals surface area contributed by atoms with Crippen LogP contribution in [-0.4, -0.2) is 26.3 Å². The van der Waals surface area contributed by atoms with Crippen molar-refractivity contribution in [2.24, 2.45) is 0 Å². The zero-order chi connectivity index (χ0) is 18.4. The summed E-state index contributed by atoms with van der Waals surface area (Å²) in [5, 5.41) is 4.13. The fourth-order valence-electron chi connectivity index (χ4n) is 4.08. The molecule has 27 heavy (non-hydrogen) atoms. The summed E-state index contributed by atoms with van der Waals surface area (Å²) in [5.74, 6) is -0.0171. The van der Waals surface area contributed by atoms with Crippen LogP contribution in [0.2, 0.25) is 0 Å². The fraction of sp³-hybridized carbons (Fsp3) is 0.286. The first-order valence-electron chi connectivity index (χ1n) is 9.45. The number of benzene rings is 2. The predicted molar refractivity (Wildman–Crippen MR) is 110 cm³/mol. The monoisotopic (exact) mass is 376 g/mol. The molecule has 1 aliphatic carbocycles. The second-order valence-corrected chi connectivity index (χ2v) is 7.65. The Balaban J connectivity index is 1.59. The third-order valence-electron chi connectivity index (χ3n) is 5.47. The lowest BCUT2D eigenvalue weighted by Gasteiger charge is -2.22. The van der Waals surface area contributed by atoms with Gasteiger partial charge in [0.2, 0.25) is 0 Å². The van der Waals surface area contributed by atoms with Gasteiger partial charge in [-0.1, -0.05) is 31.4 Å². The maximum Gasteiger partial charge on any atom is 0.251 e. The Bertz CT molecular complexity index is 1230. The quantitative estimate of drug-likeness (QED) is 0.496. The Morgan fingerprint density at radius 1 is 1.15 bits per heavy atom. The van der Waals surface area contributed by atoms with Crippen LogP contribution in [0.25, 0.3) is 27.6 Å². The summed E-state index contributed by atoms with van der Waals surface area (Å²) < 4.78 is 2.53. The Hall–Kier alpha value is -2.73. The predicted octanol–water partition coefficient (Wildman–Crippen LogP) is 4.76. The van der Waals surface area contributed by atoms with Crippen molar-refractivity contribution >= 4 is 45.7 Å². The third kappa shape index (κ3) is 2.80. The van der Waals surface area contributed by atoms with E-state index in [0.717, 1.165) is 40.4 Å². The van der Waals surface area contributed by atoms with Gasteiger partial charge in [0.15, 0.2) is 4.77 Å². The van der Waals surface area contributed by atoms with E-state index in [1.807, 2.05) is 46.9 Å². The van der Waals surface area contributed by atoms with Crippen LogP contribution in [-0.2, 0) is 0 Å². The number of aromatic nitrogens is 3. The van der Waals surface area contributed by atoms with Gasteiger partial charge in [0.05, 0.1) is 16.6 Å². The molecule has 2 N–H and O–H groups in total. The smallest absolute Gasteiger partial charge is 0.251 e. The molecule has 0 bridgehead atoms. The molecule has 136 valence electrons. The second-order valence-electron chi connectivity index (χ2n) is 7.26. The molecular formula is C21H20N4OS. The van der Waals surface area contributed by atoms with Gasteiger partial charge in [-0.2, -0.15) is 0 Å². The number of carbonyl (C=O) groups is 1. The topological polar surface area (TPSA) is 62.2 Å². The lowest BCUT2D eigenvalue weighted by atomic mass is 9.95. The number of hydrogen-bond acceptors (Lipinski definition) is 3. The fourth-order valence-corrected chi connectivity index (χ4v) is 4.38. The maximum atomic E-state index is 12.7. The Morgan fingerprint density at radius 3 is 2.81 bits per heavy atom. The van der Waals surface area contributed by atoms with E-state index in [-0.39, 0.29) is 5.91 Å². The number of nitrogens with one attached hydrogen (secondary N) is 2. The van der Waals surface area contributed by atoms with E-state index in [1.165, 1.54) is 19.3 Å². The molecule has 0 spiro atoms. The van der Waals surface area contributed by atoms with E-state index in [0.29, 0.717) is 16.4 Å². The van der Waals surface area contributed by atoms with Gasteiger partial charge in [-0.15, -0.1) is 0 Å². The van der Waals surface area contributed by atoms with Crippen molar-refractivity contribution in [2.75, 3.05) is 0 Å². The third-order valence-corrected chi connectivity index (χ3v) is 5.75. The van der Waals surface area contributed by atoms with Crippen LogP contribution in [0.3, 0.4) is 0 Å². The number of rotatable bonds is 2. The number of nitrogens with zero attached hydrogens (tertiary/aromatic N) is 2. The molecule has 1 amide bonds. The second kappa shape index (κ2) is 6.46. The van der Waals surface area contributed by atoms with Crippen LogP contribution in [0.15, 0.2) is 42.5 Å². The molecule has 1 aliphatic rings. The van der Waals surface area contributed by atoms with E-state index < -0.39 is 0 Å². The molecule has 2 aromatic carbocycles. The van der Waals surface area contributed by atoms with E-state index >= 15 is 0 Å². The summed E-state index contributed by atoms with van der Waals surface area (Å²) in [6.45, 7) is 0. The number of para-hydroxylation sites is 2. The van der Waals surface area contributed by atoms with Gasteiger partial charge in [0.25, 0.3) is 5.91 Å². The van der Waals surface area contributed by atoms with Gasteiger partial charge in [0.1, 0.15) is 5.65 Å². The maximum absolute atomic E-state index is 12.7. The van der Waals surface area contributed by atoms with Crippen LogP contribution in [0.5, 0.6) is 0 Å². The zero-order valence-electron chi connectivity index (χ0n) is 14.9. The number of amides is 1. The largest absolute Gasteiger partial charge is 0.349 e. The summed E-state index contributed by atoms with van der Waals surface area (Å²) in [6, 6.07) is 13.9. The van der Waals surface area contributed by atoms with Gasteiger partial charge in [-0.3, -0.25) is 9.20 Å². The normalized spacial score (nSPS) is 15.6. The molecule has 1 fully saturated rings. The number of fused-ring (bicyclic) bond motifs is 5. The van der Waals surface area contributed by atoms with Gasteiger partial charge in [-0.05, 0) is 55.4 Å². The summed E-state index contributed by atoms with van der Waals surface area (Å²) >= 11 is 5.57. The van der Waals surface area contributed by atoms with Gasteiger partial charge < -0.3 is 10.3 Å². The molecule has 5 rings (SSSR count). The minimum absolute atomic E-state index is 0.0171. The molecule has 0 atom stereocenters. The van der Waals surface area contributed by atoms with E-state index in [4.69, 9.17) is 17.2 Å². The lowest BCUT2D eigenvalue weighted by Crippen LogP contribution is -2.36. The molecule has 4 aromatic rings. The molecule has 5 nitrogen and oxygen atoms in total. The van der Waals surface area contributed by atoms with E-state index in [1.54, 1.807) is 0 Å². The van der Waals surface area contributed by atoms with Crippen LogP contribution in [0.4, 0.5) is 0 Å². The zero-order valence-corrected chi connectivity index (χ0v) is 15.7. The van der Waals surface area contributed by atoms with Crippen molar-refractivity contribution in [3.05, 3.63) is 52.8 Å². The number of hydrogen-bond donors (Lipinski definition) is 2. The first kappa shape index (κ1) is 16.4. The van der Waals surface area contributed by atoms with Crippen molar-refractivity contribution in [3.8, 4) is 0 Å². The Morgan fingerprint density at radius 2 is 1.96 bits per heavy atom. The molecule has 0 aliphatic heterocycles. The average Bonchev–Trinajstić information content (AvgIpc) is 3.09. The highest BCUT2D eigenvalue weighted by Crippen LogP contribution is 2.24. The molecule has 1 saturated carbocycles. The first-order valence-corrected chi connectivity index (χ1v) is 9.86. The van der Waals surface area contributed by atoms with Crippen LogP contribution in [0, 0.1) is 4.77 Å². The number of carbonyl (C=O) groups excluding carboxylic acids is 1. The average molecular weight is 376 g/mol. The molecular weight excluding hydrogens is 356 g/mol. The van der Waals surface area contributed by atoms with Gasteiger partial charge >= 0.3 is 0 Å². The van der Waals surface area contributed by atoms with Crippen LogP contribution >= 0.6 is 12.2 Å². The minimum Gasteiger partial charge on any atom is -0.349 e. The highest BCUT2D eigenvalue weighted by molar-refractivity contribution is 7.71. The summed E-state index contributed by atoms with van der Waals surface area (Å²) in [7, 11) is 0. The van der Waals surface area contributed by atoms with Gasteiger partial charge in [-0.25, -0.2) is 4.98 Å². The highest BCUT2D eigenvalue weighted by atomic mass is 32.1. The molecule has 0 radical (unpaired) electrons. The van der Waals surface area contributed by atoms with Crippen molar-refractivity contribution in [2.45, 2.75) is 38.1 Å². The number of H-pyrrole nitrogens is 1. The SMILES string of the molecule is O=C(NC1CCCCC1)c1ccc2c(c1)[nH]c(=S)n1c3ccccc3nc21. The molecule has 2 aromatic heterocycles. The first-order chi connectivity index (χ1) is 13.2. The molecule has 0 unspecified atom stereocenters. The van der Waals surface area contributed by atoms with Gasteiger partial charge in [0, 0.05) is 17.0 Å². The van der Waals surface area contributed by atoms with Crippen molar-refractivity contribution < 1.29 is 4.79 Å². The van der Waals surface area contributed by atoms with E-state index in [2.05, 4.69) is 10.3 Å². The molecule has 2 heterocycles. The van der Waals surface area contributed by atoms with Crippen molar-refractivity contribution in [1.29, 1.82) is 0 Å². The number of aromatic amines is 1. The highest BCUT2D eigenvalue weighted by Gasteiger charge is 2.17. The summed E-state index contributed by atoms with van der Waals surface area (Å²) in [4.78, 5) is 20.7. The lowest BCUT2D eigenvalue weighted by molar-refractivity contribution is 0.0928. The standard InChI is InChI=1S/C21H20N4OS/c26-20(22-14-6-2-1-3-7-14)13-10-11-15-17(12-13)24-21(27)25-18-9-5-4-8-16(18)23-19(15)25/h4-5,8-12,14H,1-3,6-7H2,(H,22,26)(H,24,27). The van der Waals surface area contributed by atoms with Crippen molar-refractivity contribution in [3.63, 3.8) is 0 Å². The van der Waals surface area contributed by atoms with Crippen LogP contribution < -0.4 is 5.32 Å². The number of imidazole rings is 1. The molecule has 6 heteroatoms. The summed E-state index contributed by atoms with van der Waals surface area (Å²) in [6.07, 6.45) is 5.81. The minimum atomic E-state index is -0.0171. The molecule has 0 saturated heterocycles. The Labute approximate surface area is 161 Å².